The quantitative estimate of drug-likeness (QED) is 0.868. The van der Waals surface area contributed by atoms with Crippen LogP contribution in [0.15, 0.2) is 30.7 Å². The molecular formula is C14H16N4O2. The third kappa shape index (κ3) is 3.28. The van der Waals surface area contributed by atoms with Gasteiger partial charge in [-0.1, -0.05) is 13.8 Å². The third-order valence-corrected chi connectivity index (χ3v) is 2.62. The number of hydrogen-bond acceptors (Lipinski definition) is 5. The maximum Gasteiger partial charge on any atom is 0.341 e. The average molecular weight is 272 g/mol. The van der Waals surface area contributed by atoms with Crippen LogP contribution in [-0.4, -0.2) is 32.6 Å². The highest BCUT2D eigenvalue weighted by Crippen LogP contribution is 2.18. The summed E-state index contributed by atoms with van der Waals surface area (Å²) >= 11 is 0. The van der Waals surface area contributed by atoms with Crippen LogP contribution in [-0.2, 0) is 0 Å². The zero-order valence-corrected chi connectivity index (χ0v) is 11.4. The first-order valence-corrected chi connectivity index (χ1v) is 6.32. The second-order valence-electron chi connectivity index (χ2n) is 4.78. The molecule has 0 aliphatic carbocycles. The van der Waals surface area contributed by atoms with Crippen LogP contribution in [0.5, 0.6) is 0 Å². The van der Waals surface area contributed by atoms with Gasteiger partial charge in [0.2, 0.25) is 0 Å². The lowest BCUT2D eigenvalue weighted by Gasteiger charge is -2.11. The highest BCUT2D eigenvalue weighted by atomic mass is 16.4. The van der Waals surface area contributed by atoms with Gasteiger partial charge in [0.15, 0.2) is 5.82 Å². The van der Waals surface area contributed by atoms with Crippen molar-refractivity contribution in [2.75, 3.05) is 11.9 Å². The van der Waals surface area contributed by atoms with Crippen molar-refractivity contribution in [3.05, 3.63) is 36.3 Å². The van der Waals surface area contributed by atoms with Gasteiger partial charge >= 0.3 is 5.97 Å². The van der Waals surface area contributed by atoms with Gasteiger partial charge in [-0.15, -0.1) is 0 Å². The second-order valence-corrected chi connectivity index (χ2v) is 4.78. The van der Waals surface area contributed by atoms with Crippen LogP contribution in [0.25, 0.3) is 11.4 Å². The van der Waals surface area contributed by atoms with Gasteiger partial charge < -0.3 is 10.4 Å². The summed E-state index contributed by atoms with van der Waals surface area (Å²) in [5.74, 6) is 0.122. The molecule has 6 heteroatoms. The first-order valence-electron chi connectivity index (χ1n) is 6.32. The molecule has 104 valence electrons. The topological polar surface area (TPSA) is 88.0 Å². The zero-order valence-electron chi connectivity index (χ0n) is 11.4. The van der Waals surface area contributed by atoms with Gasteiger partial charge in [0.05, 0.1) is 0 Å². The standard InChI is InChI=1S/C14H16N4O2/c1-9(2)6-16-13-11(14(19)20)8-17-12(18-13)10-4-3-5-15-7-10/h3-5,7-9H,6H2,1-2H3,(H,19,20)(H,16,17,18). The summed E-state index contributed by atoms with van der Waals surface area (Å²) in [6, 6.07) is 3.61. The van der Waals surface area contributed by atoms with Gasteiger partial charge in [-0.3, -0.25) is 4.98 Å². The Morgan fingerprint density at radius 1 is 1.40 bits per heavy atom. The van der Waals surface area contributed by atoms with E-state index >= 15 is 0 Å². The molecule has 0 fully saturated rings. The lowest BCUT2D eigenvalue weighted by atomic mass is 10.2. The van der Waals surface area contributed by atoms with Crippen LogP contribution in [0, 0.1) is 5.92 Å². The smallest absolute Gasteiger partial charge is 0.341 e. The van der Waals surface area contributed by atoms with Crippen molar-refractivity contribution < 1.29 is 9.90 Å². The van der Waals surface area contributed by atoms with Gasteiger partial charge in [0.25, 0.3) is 0 Å². The normalized spacial score (nSPS) is 10.6. The van der Waals surface area contributed by atoms with E-state index < -0.39 is 5.97 Å². The summed E-state index contributed by atoms with van der Waals surface area (Å²) in [5.41, 5.74) is 0.815. The van der Waals surface area contributed by atoms with Crippen LogP contribution in [0.3, 0.4) is 0 Å². The van der Waals surface area contributed by atoms with Gasteiger partial charge in [0, 0.05) is 30.7 Å². The number of rotatable bonds is 5. The molecule has 0 aliphatic heterocycles. The van der Waals surface area contributed by atoms with Crippen LogP contribution in [0.2, 0.25) is 0 Å². The molecule has 0 bridgehead atoms. The Kier molecular flexibility index (Phi) is 4.24. The maximum absolute atomic E-state index is 11.2. The number of carbonyl (C=O) groups is 1. The molecule has 0 aliphatic rings. The first kappa shape index (κ1) is 13.9. The highest BCUT2D eigenvalue weighted by Gasteiger charge is 2.14. The number of nitrogens with zero attached hydrogens (tertiary/aromatic N) is 3. The molecule has 0 radical (unpaired) electrons. The predicted molar refractivity (Wildman–Crippen MR) is 75.6 cm³/mol. The van der Waals surface area contributed by atoms with E-state index in [1.165, 1.54) is 6.20 Å². The van der Waals surface area contributed by atoms with Gasteiger partial charge in [-0.05, 0) is 18.1 Å². The number of aromatic carboxylic acids is 1. The molecule has 0 amide bonds. The molecule has 6 nitrogen and oxygen atoms in total. The minimum absolute atomic E-state index is 0.0679. The fraction of sp³-hybridized carbons (Fsp3) is 0.286. The number of carboxylic acids is 1. The van der Waals surface area contributed by atoms with Gasteiger partial charge in [-0.25, -0.2) is 14.8 Å². The number of anilines is 1. The van der Waals surface area contributed by atoms with Crippen molar-refractivity contribution in [1.82, 2.24) is 15.0 Å². The first-order chi connectivity index (χ1) is 9.58. The molecular weight excluding hydrogens is 256 g/mol. The minimum atomic E-state index is -1.05. The molecule has 0 spiro atoms. The SMILES string of the molecule is CC(C)CNc1nc(-c2cccnc2)ncc1C(=O)O. The van der Waals surface area contributed by atoms with Crippen LogP contribution in [0.1, 0.15) is 24.2 Å². The molecule has 0 atom stereocenters. The van der Waals surface area contributed by atoms with E-state index in [-0.39, 0.29) is 5.56 Å². The Morgan fingerprint density at radius 3 is 2.80 bits per heavy atom. The van der Waals surface area contributed by atoms with E-state index in [1.54, 1.807) is 18.5 Å². The molecule has 0 aromatic carbocycles. The molecule has 0 unspecified atom stereocenters. The molecule has 0 saturated heterocycles. The number of pyridine rings is 1. The lowest BCUT2D eigenvalue weighted by Crippen LogP contribution is -2.14. The van der Waals surface area contributed by atoms with Gasteiger partial charge in [0.1, 0.15) is 11.4 Å². The summed E-state index contributed by atoms with van der Waals surface area (Å²) in [7, 11) is 0. The number of aromatic nitrogens is 3. The Balaban J connectivity index is 2.37. The molecule has 2 aromatic rings. The van der Waals surface area contributed by atoms with E-state index in [9.17, 15) is 4.79 Å². The van der Waals surface area contributed by atoms with E-state index in [0.29, 0.717) is 24.1 Å². The van der Waals surface area contributed by atoms with Crippen molar-refractivity contribution in [2.24, 2.45) is 5.92 Å². The molecule has 2 heterocycles. The highest BCUT2D eigenvalue weighted by molar-refractivity contribution is 5.93. The van der Waals surface area contributed by atoms with E-state index in [2.05, 4.69) is 20.3 Å². The fourth-order valence-electron chi connectivity index (χ4n) is 1.61. The maximum atomic E-state index is 11.2. The van der Waals surface area contributed by atoms with Crippen LogP contribution >= 0.6 is 0 Å². The Morgan fingerprint density at radius 2 is 2.20 bits per heavy atom. The van der Waals surface area contributed by atoms with Crippen molar-refractivity contribution in [2.45, 2.75) is 13.8 Å². The van der Waals surface area contributed by atoms with Crippen molar-refractivity contribution in [3.8, 4) is 11.4 Å². The Labute approximate surface area is 116 Å². The van der Waals surface area contributed by atoms with E-state index in [4.69, 9.17) is 5.11 Å². The Bertz CT molecular complexity index is 599. The summed E-state index contributed by atoms with van der Waals surface area (Å²) in [6.45, 7) is 4.72. The van der Waals surface area contributed by atoms with Crippen LogP contribution < -0.4 is 5.32 Å². The predicted octanol–water partition coefficient (Wildman–Crippen LogP) is 2.30. The lowest BCUT2D eigenvalue weighted by molar-refractivity contribution is 0.0697. The van der Waals surface area contributed by atoms with Crippen molar-refractivity contribution in [3.63, 3.8) is 0 Å². The largest absolute Gasteiger partial charge is 0.477 e. The summed E-state index contributed by atoms with van der Waals surface area (Å²) in [6.07, 6.45) is 4.62. The summed E-state index contributed by atoms with van der Waals surface area (Å²) < 4.78 is 0. The van der Waals surface area contributed by atoms with E-state index in [1.807, 2.05) is 19.9 Å². The fourth-order valence-corrected chi connectivity index (χ4v) is 1.61. The molecule has 2 rings (SSSR count). The van der Waals surface area contributed by atoms with Crippen molar-refractivity contribution in [1.29, 1.82) is 0 Å². The molecule has 0 saturated carbocycles. The summed E-state index contributed by atoms with van der Waals surface area (Å²) in [4.78, 5) is 23.6. The number of carboxylic acid groups (broad SMARTS) is 1. The zero-order chi connectivity index (χ0) is 14.5. The summed E-state index contributed by atoms with van der Waals surface area (Å²) in [5, 5.41) is 12.2. The second kappa shape index (κ2) is 6.10. The molecule has 20 heavy (non-hydrogen) atoms. The average Bonchev–Trinajstić information content (AvgIpc) is 2.45. The van der Waals surface area contributed by atoms with Crippen molar-refractivity contribution >= 4 is 11.8 Å². The van der Waals surface area contributed by atoms with Gasteiger partial charge in [-0.2, -0.15) is 0 Å². The van der Waals surface area contributed by atoms with Crippen LogP contribution in [0.4, 0.5) is 5.82 Å². The molecule has 2 aromatic heterocycles. The Hall–Kier alpha value is -2.50. The van der Waals surface area contributed by atoms with E-state index in [0.717, 1.165) is 5.56 Å². The number of hydrogen-bond donors (Lipinski definition) is 2. The molecule has 2 N–H and O–H groups in total. The third-order valence-electron chi connectivity index (χ3n) is 2.62. The number of nitrogens with one attached hydrogen (secondary N) is 1. The monoisotopic (exact) mass is 272 g/mol. The minimum Gasteiger partial charge on any atom is -0.477 e.